The summed E-state index contributed by atoms with van der Waals surface area (Å²) in [4.78, 5) is 22.8. The van der Waals surface area contributed by atoms with E-state index in [1.54, 1.807) is 0 Å². The number of nitrogens with zero attached hydrogens (tertiary/aromatic N) is 3. The van der Waals surface area contributed by atoms with E-state index in [0.717, 1.165) is 50.6 Å². The van der Waals surface area contributed by atoms with Crippen LogP contribution in [0.2, 0.25) is 0 Å². The summed E-state index contributed by atoms with van der Waals surface area (Å²) in [6.45, 7) is 5.65. The molecule has 1 amide bonds. The highest BCUT2D eigenvalue weighted by molar-refractivity contribution is 7.59. The van der Waals surface area contributed by atoms with E-state index in [2.05, 4.69) is 30.8 Å². The summed E-state index contributed by atoms with van der Waals surface area (Å²) in [5.74, 6) is 0.813. The molecule has 0 bridgehead atoms. The van der Waals surface area contributed by atoms with Gasteiger partial charge in [0.05, 0.1) is 24.5 Å². The second-order valence-electron chi connectivity index (χ2n) is 7.74. The number of nitrogens with one attached hydrogen (secondary N) is 3. The van der Waals surface area contributed by atoms with Crippen LogP contribution in [0.25, 0.3) is 0 Å². The van der Waals surface area contributed by atoms with Gasteiger partial charge in [-0.25, -0.2) is 4.98 Å². The molecular weight excluding hydrogens is 446 g/mol. The first-order chi connectivity index (χ1) is 15.6. The van der Waals surface area contributed by atoms with Gasteiger partial charge in [0.2, 0.25) is 5.95 Å². The van der Waals surface area contributed by atoms with Crippen molar-refractivity contribution < 1.29 is 19.4 Å². The molecule has 33 heavy (non-hydrogen) atoms. The third kappa shape index (κ3) is 6.84. The fourth-order valence-electron chi connectivity index (χ4n) is 3.56. The quantitative estimate of drug-likeness (QED) is 0.345. The van der Waals surface area contributed by atoms with Crippen LogP contribution in [0, 0.1) is 0 Å². The van der Waals surface area contributed by atoms with E-state index >= 15 is 0 Å². The zero-order chi connectivity index (χ0) is 22.3. The SMILES string of the molecule is NC(=O)c1cnc(Nc2ccc3c(c2)NC[C@H](O)CO3)nc1NCCCN1CCOCC1.S. The average Bonchev–Trinajstić information content (AvgIpc) is 2.98. The maximum Gasteiger partial charge on any atom is 0.254 e. The van der Waals surface area contributed by atoms with Gasteiger partial charge < -0.3 is 36.3 Å². The Labute approximate surface area is 199 Å². The lowest BCUT2D eigenvalue weighted by Crippen LogP contribution is -2.37. The second-order valence-corrected chi connectivity index (χ2v) is 7.74. The number of aromatic nitrogens is 2. The Morgan fingerprint density at radius 3 is 2.94 bits per heavy atom. The Hall–Kier alpha value is -2.80. The van der Waals surface area contributed by atoms with Crippen LogP contribution in [-0.2, 0) is 4.74 Å². The van der Waals surface area contributed by atoms with E-state index in [4.69, 9.17) is 15.2 Å². The monoisotopic (exact) mass is 477 g/mol. The molecule has 4 rings (SSSR count). The molecule has 0 aliphatic carbocycles. The molecule has 12 heteroatoms. The number of morpholine rings is 1. The molecular formula is C21H31N7O4S. The number of anilines is 4. The highest BCUT2D eigenvalue weighted by atomic mass is 32.1. The number of β-amino-alcohol motifs (C(OH)–C–C–N with tert-alkyl or cyclic N) is 1. The minimum atomic E-state index is -0.586. The van der Waals surface area contributed by atoms with E-state index in [1.807, 2.05) is 18.2 Å². The predicted octanol–water partition coefficient (Wildman–Crippen LogP) is 0.731. The Balaban J connectivity index is 0.00000306. The lowest BCUT2D eigenvalue weighted by atomic mass is 10.2. The molecule has 2 aliphatic heterocycles. The highest BCUT2D eigenvalue weighted by Crippen LogP contribution is 2.30. The molecule has 2 aromatic rings. The first-order valence-corrected chi connectivity index (χ1v) is 10.7. The molecule has 3 heterocycles. The normalized spacial score (nSPS) is 18.0. The van der Waals surface area contributed by atoms with Crippen LogP contribution in [-0.4, -0.2) is 84.5 Å². The maximum absolute atomic E-state index is 11.8. The van der Waals surface area contributed by atoms with Crippen molar-refractivity contribution >= 4 is 42.5 Å². The number of ether oxygens (including phenoxy) is 2. The predicted molar refractivity (Wildman–Crippen MR) is 131 cm³/mol. The third-order valence-electron chi connectivity index (χ3n) is 5.30. The van der Waals surface area contributed by atoms with Gasteiger partial charge in [-0.2, -0.15) is 18.5 Å². The smallest absolute Gasteiger partial charge is 0.254 e. The third-order valence-corrected chi connectivity index (χ3v) is 5.30. The highest BCUT2D eigenvalue weighted by Gasteiger charge is 2.16. The van der Waals surface area contributed by atoms with E-state index < -0.39 is 12.0 Å². The number of benzene rings is 1. The van der Waals surface area contributed by atoms with Gasteiger partial charge in [0.25, 0.3) is 5.91 Å². The van der Waals surface area contributed by atoms with Crippen molar-refractivity contribution in [2.24, 2.45) is 5.73 Å². The molecule has 6 N–H and O–H groups in total. The van der Waals surface area contributed by atoms with Crippen molar-refractivity contribution in [2.75, 3.05) is 68.5 Å². The van der Waals surface area contributed by atoms with Crippen molar-refractivity contribution in [1.82, 2.24) is 14.9 Å². The van der Waals surface area contributed by atoms with E-state index in [1.165, 1.54) is 6.20 Å². The zero-order valence-corrected chi connectivity index (χ0v) is 19.3. The number of fused-ring (bicyclic) bond motifs is 1. The minimum absolute atomic E-state index is 0. The molecule has 0 radical (unpaired) electrons. The number of hydrogen-bond donors (Lipinski definition) is 5. The van der Waals surface area contributed by atoms with Crippen LogP contribution in [0.3, 0.4) is 0 Å². The Morgan fingerprint density at radius 2 is 2.15 bits per heavy atom. The maximum atomic E-state index is 11.8. The number of aliphatic hydroxyl groups excluding tert-OH is 1. The van der Waals surface area contributed by atoms with Crippen LogP contribution in [0.4, 0.5) is 23.1 Å². The van der Waals surface area contributed by atoms with Crippen molar-refractivity contribution in [2.45, 2.75) is 12.5 Å². The topological polar surface area (TPSA) is 147 Å². The molecule has 180 valence electrons. The molecule has 0 saturated carbocycles. The van der Waals surface area contributed by atoms with Gasteiger partial charge in [0, 0.05) is 38.1 Å². The van der Waals surface area contributed by atoms with E-state index in [9.17, 15) is 9.90 Å². The fourth-order valence-corrected chi connectivity index (χ4v) is 3.56. The number of carbonyl (C=O) groups excluding carboxylic acids is 1. The number of rotatable bonds is 8. The second kappa shape index (κ2) is 11.9. The number of carbonyl (C=O) groups is 1. The summed E-state index contributed by atoms with van der Waals surface area (Å²) in [6, 6.07) is 5.50. The van der Waals surface area contributed by atoms with E-state index in [0.29, 0.717) is 30.6 Å². The molecule has 1 atom stereocenters. The summed E-state index contributed by atoms with van der Waals surface area (Å²) in [5, 5.41) is 19.3. The molecule has 0 spiro atoms. The summed E-state index contributed by atoms with van der Waals surface area (Å²) in [5.41, 5.74) is 7.24. The molecule has 1 aromatic heterocycles. The van der Waals surface area contributed by atoms with Gasteiger partial charge in [-0.15, -0.1) is 0 Å². The Bertz CT molecular complexity index is 943. The molecule has 2 aliphatic rings. The number of amides is 1. The van der Waals surface area contributed by atoms with Crippen LogP contribution in [0.15, 0.2) is 24.4 Å². The molecule has 1 aromatic carbocycles. The number of nitrogens with two attached hydrogens (primary N) is 1. The number of primary amides is 1. The van der Waals surface area contributed by atoms with Crippen molar-refractivity contribution in [3.63, 3.8) is 0 Å². The Morgan fingerprint density at radius 1 is 1.33 bits per heavy atom. The summed E-state index contributed by atoms with van der Waals surface area (Å²) in [6.07, 6.45) is 1.75. The zero-order valence-electron chi connectivity index (χ0n) is 18.3. The van der Waals surface area contributed by atoms with Gasteiger partial charge in [-0.05, 0) is 31.2 Å². The lowest BCUT2D eigenvalue weighted by molar-refractivity contribution is 0.0378. The Kier molecular flexibility index (Phi) is 8.95. The van der Waals surface area contributed by atoms with Crippen molar-refractivity contribution in [3.8, 4) is 5.75 Å². The van der Waals surface area contributed by atoms with Crippen LogP contribution >= 0.6 is 13.5 Å². The summed E-state index contributed by atoms with van der Waals surface area (Å²) >= 11 is 0. The minimum Gasteiger partial charge on any atom is -0.489 e. The first-order valence-electron chi connectivity index (χ1n) is 10.7. The van der Waals surface area contributed by atoms with Crippen molar-refractivity contribution in [1.29, 1.82) is 0 Å². The standard InChI is InChI=1S/C21H29N7O4.H2S/c22-19(30)16-12-25-21(27-20(16)23-4-1-5-28-6-8-31-9-7-28)26-14-2-3-18-17(10-14)24-11-15(29)13-32-18;/h2-3,10,12,15,24,29H,1,4-9,11,13H2,(H2,22,30)(H2,23,25,26,27);1H2/t15-;/m0./s1. The van der Waals surface area contributed by atoms with E-state index in [-0.39, 0.29) is 25.7 Å². The molecule has 1 saturated heterocycles. The lowest BCUT2D eigenvalue weighted by Gasteiger charge is -2.26. The largest absolute Gasteiger partial charge is 0.489 e. The molecule has 1 fully saturated rings. The van der Waals surface area contributed by atoms with Crippen LogP contribution in [0.1, 0.15) is 16.8 Å². The van der Waals surface area contributed by atoms with Gasteiger partial charge in [-0.1, -0.05) is 0 Å². The molecule has 11 nitrogen and oxygen atoms in total. The summed E-state index contributed by atoms with van der Waals surface area (Å²) < 4.78 is 10.9. The van der Waals surface area contributed by atoms with Crippen LogP contribution < -0.4 is 26.4 Å². The number of aliphatic hydroxyl groups is 1. The fraction of sp³-hybridized carbons (Fsp3) is 0.476. The summed E-state index contributed by atoms with van der Waals surface area (Å²) in [7, 11) is 0. The van der Waals surface area contributed by atoms with Gasteiger partial charge in [0.1, 0.15) is 24.3 Å². The first kappa shape index (κ1) is 24.8. The average molecular weight is 478 g/mol. The van der Waals surface area contributed by atoms with Gasteiger partial charge in [-0.3, -0.25) is 9.69 Å². The van der Waals surface area contributed by atoms with Gasteiger partial charge >= 0.3 is 0 Å². The molecule has 0 unspecified atom stereocenters. The number of hydrogen-bond acceptors (Lipinski definition) is 10. The van der Waals surface area contributed by atoms with Crippen molar-refractivity contribution in [3.05, 3.63) is 30.0 Å². The van der Waals surface area contributed by atoms with Crippen LogP contribution in [0.5, 0.6) is 5.75 Å². The van der Waals surface area contributed by atoms with Gasteiger partial charge in [0.15, 0.2) is 0 Å².